The second kappa shape index (κ2) is 6.69. The highest BCUT2D eigenvalue weighted by Crippen LogP contribution is 2.35. The molecule has 1 N–H and O–H groups in total. The van der Waals surface area contributed by atoms with Crippen molar-refractivity contribution in [3.05, 3.63) is 53.3 Å². The van der Waals surface area contributed by atoms with Gasteiger partial charge in [-0.3, -0.25) is 4.68 Å². The number of carbonyl (C=O) groups is 1. The van der Waals surface area contributed by atoms with E-state index in [1.807, 2.05) is 18.2 Å². The van der Waals surface area contributed by atoms with Crippen molar-refractivity contribution in [3.63, 3.8) is 0 Å². The lowest BCUT2D eigenvalue weighted by Crippen LogP contribution is -2.41. The van der Waals surface area contributed by atoms with Crippen molar-refractivity contribution in [2.75, 3.05) is 11.9 Å². The van der Waals surface area contributed by atoms with Crippen molar-refractivity contribution in [2.24, 2.45) is 0 Å². The molecule has 0 fully saturated rings. The van der Waals surface area contributed by atoms with E-state index in [1.54, 1.807) is 21.7 Å². The molecule has 0 spiro atoms. The highest BCUT2D eigenvalue weighted by Gasteiger charge is 2.34. The van der Waals surface area contributed by atoms with Gasteiger partial charge in [-0.15, -0.1) is 11.3 Å². The number of amides is 2. The molecule has 0 saturated carbocycles. The van der Waals surface area contributed by atoms with Gasteiger partial charge in [-0.1, -0.05) is 18.2 Å². The normalized spacial score (nSPS) is 14.1. The van der Waals surface area contributed by atoms with Crippen molar-refractivity contribution < 1.29 is 18.0 Å². The van der Waals surface area contributed by atoms with E-state index in [4.69, 9.17) is 0 Å². The number of urea groups is 1. The van der Waals surface area contributed by atoms with Crippen LogP contribution in [-0.2, 0) is 19.3 Å². The van der Waals surface area contributed by atoms with Crippen LogP contribution in [0.5, 0.6) is 0 Å². The predicted octanol–water partition coefficient (Wildman–Crippen LogP) is 4.07. The Bertz CT molecular complexity index is 967. The summed E-state index contributed by atoms with van der Waals surface area (Å²) in [6.07, 6.45) is -2.98. The van der Waals surface area contributed by atoms with E-state index in [0.717, 1.165) is 16.7 Å². The molecule has 10 heteroatoms. The SMILES string of the molecule is O=C(Nc1ccccc1)N1CCn2ncc(-c3nc(C(F)(F)F)cs3)c2C1. The van der Waals surface area contributed by atoms with Crippen molar-refractivity contribution in [2.45, 2.75) is 19.3 Å². The zero-order chi connectivity index (χ0) is 19.0. The van der Waals surface area contributed by atoms with Crippen LogP contribution in [0.25, 0.3) is 10.6 Å². The van der Waals surface area contributed by atoms with Gasteiger partial charge in [-0.05, 0) is 12.1 Å². The van der Waals surface area contributed by atoms with Crippen LogP contribution in [0.4, 0.5) is 23.7 Å². The van der Waals surface area contributed by atoms with Gasteiger partial charge in [-0.2, -0.15) is 18.3 Å². The number of benzene rings is 1. The molecular weight excluding hydrogens is 379 g/mol. The number of thiazole rings is 1. The number of aromatic nitrogens is 3. The molecule has 27 heavy (non-hydrogen) atoms. The lowest BCUT2D eigenvalue weighted by Gasteiger charge is -2.28. The highest BCUT2D eigenvalue weighted by molar-refractivity contribution is 7.13. The van der Waals surface area contributed by atoms with E-state index in [0.29, 0.717) is 30.0 Å². The fraction of sp³-hybridized carbons (Fsp3) is 0.235. The molecule has 1 aliphatic rings. The zero-order valence-corrected chi connectivity index (χ0v) is 14.7. The molecule has 4 rings (SSSR count). The van der Waals surface area contributed by atoms with Crippen LogP contribution in [0.15, 0.2) is 41.9 Å². The first-order chi connectivity index (χ1) is 12.9. The summed E-state index contributed by atoms with van der Waals surface area (Å²) in [5.41, 5.74) is 0.953. The summed E-state index contributed by atoms with van der Waals surface area (Å²) >= 11 is 0.916. The fourth-order valence-corrected chi connectivity index (χ4v) is 3.71. The number of carbonyl (C=O) groups excluding carboxylic acids is 1. The van der Waals surface area contributed by atoms with Crippen LogP contribution in [0.2, 0.25) is 0 Å². The summed E-state index contributed by atoms with van der Waals surface area (Å²) in [6, 6.07) is 8.79. The molecule has 1 aromatic carbocycles. The molecule has 140 valence electrons. The number of rotatable bonds is 2. The average Bonchev–Trinajstić information content (AvgIpc) is 3.28. The van der Waals surface area contributed by atoms with Crippen LogP contribution < -0.4 is 5.32 Å². The summed E-state index contributed by atoms with van der Waals surface area (Å²) in [4.78, 5) is 17.8. The van der Waals surface area contributed by atoms with E-state index in [2.05, 4.69) is 15.4 Å². The van der Waals surface area contributed by atoms with Crippen molar-refractivity contribution in [3.8, 4) is 10.6 Å². The molecule has 0 unspecified atom stereocenters. The van der Waals surface area contributed by atoms with Gasteiger partial charge >= 0.3 is 12.2 Å². The minimum Gasteiger partial charge on any atom is -0.317 e. The number of nitrogens with zero attached hydrogens (tertiary/aromatic N) is 4. The first kappa shape index (κ1) is 17.5. The summed E-state index contributed by atoms with van der Waals surface area (Å²) in [5.74, 6) is 0. The second-order valence-corrected chi connectivity index (χ2v) is 6.84. The lowest BCUT2D eigenvalue weighted by atomic mass is 10.2. The largest absolute Gasteiger partial charge is 0.434 e. The third kappa shape index (κ3) is 3.52. The summed E-state index contributed by atoms with van der Waals surface area (Å²) in [5, 5.41) is 8.27. The van der Waals surface area contributed by atoms with Crippen LogP contribution in [0, 0.1) is 0 Å². The van der Waals surface area contributed by atoms with E-state index >= 15 is 0 Å². The maximum absolute atomic E-state index is 12.8. The zero-order valence-electron chi connectivity index (χ0n) is 13.9. The summed E-state index contributed by atoms with van der Waals surface area (Å²) in [6.45, 7) is 1.17. The van der Waals surface area contributed by atoms with Crippen LogP contribution in [0.3, 0.4) is 0 Å². The van der Waals surface area contributed by atoms with Crippen LogP contribution in [-0.4, -0.2) is 32.2 Å². The molecule has 0 aliphatic carbocycles. The molecule has 6 nitrogen and oxygen atoms in total. The number of hydrogen-bond acceptors (Lipinski definition) is 4. The van der Waals surface area contributed by atoms with Gasteiger partial charge in [0.05, 0.1) is 30.5 Å². The summed E-state index contributed by atoms with van der Waals surface area (Å²) < 4.78 is 40.2. The molecule has 0 bridgehead atoms. The van der Waals surface area contributed by atoms with Gasteiger partial charge in [-0.25, -0.2) is 9.78 Å². The van der Waals surface area contributed by atoms with Gasteiger partial charge in [0.15, 0.2) is 5.69 Å². The number of nitrogens with one attached hydrogen (secondary N) is 1. The number of hydrogen-bond donors (Lipinski definition) is 1. The highest BCUT2D eigenvalue weighted by atomic mass is 32.1. The third-order valence-corrected chi connectivity index (χ3v) is 5.08. The van der Waals surface area contributed by atoms with Gasteiger partial charge in [0.25, 0.3) is 0 Å². The number of alkyl halides is 3. The van der Waals surface area contributed by atoms with Gasteiger partial charge in [0, 0.05) is 17.6 Å². The predicted molar refractivity (Wildman–Crippen MR) is 94.2 cm³/mol. The van der Waals surface area contributed by atoms with Crippen molar-refractivity contribution in [1.82, 2.24) is 19.7 Å². The number of fused-ring (bicyclic) bond motifs is 1. The monoisotopic (exact) mass is 393 g/mol. The van der Waals surface area contributed by atoms with E-state index in [1.165, 1.54) is 6.20 Å². The van der Waals surface area contributed by atoms with E-state index in [9.17, 15) is 18.0 Å². The molecule has 1 aliphatic heterocycles. The number of anilines is 1. The van der Waals surface area contributed by atoms with E-state index < -0.39 is 11.9 Å². The Labute approximate surface area is 156 Å². The van der Waals surface area contributed by atoms with Gasteiger partial charge in [0.1, 0.15) is 5.01 Å². The molecule has 0 saturated heterocycles. The molecule has 3 heterocycles. The minimum absolute atomic E-state index is 0.244. The Hall–Kier alpha value is -2.88. The van der Waals surface area contributed by atoms with Crippen molar-refractivity contribution >= 4 is 23.1 Å². The van der Waals surface area contributed by atoms with Crippen LogP contribution in [0.1, 0.15) is 11.4 Å². The Morgan fingerprint density at radius 1 is 1.19 bits per heavy atom. The maximum Gasteiger partial charge on any atom is 0.434 e. The maximum atomic E-state index is 12.8. The second-order valence-electron chi connectivity index (χ2n) is 5.98. The topological polar surface area (TPSA) is 63.1 Å². The third-order valence-electron chi connectivity index (χ3n) is 4.21. The molecule has 0 atom stereocenters. The summed E-state index contributed by atoms with van der Waals surface area (Å²) in [7, 11) is 0. The molecular formula is C17H14F3N5OS. The molecule has 3 aromatic rings. The standard InChI is InChI=1S/C17H14F3N5OS/c18-17(19,20)14-10-27-15(23-14)12-8-21-25-7-6-24(9-13(12)25)16(26)22-11-4-2-1-3-5-11/h1-5,8,10H,6-7,9H2,(H,22,26). The van der Waals surface area contributed by atoms with E-state index in [-0.39, 0.29) is 17.6 Å². The van der Waals surface area contributed by atoms with Gasteiger partial charge < -0.3 is 10.2 Å². The molecule has 0 radical (unpaired) electrons. The molecule has 2 amide bonds. The Balaban J connectivity index is 1.55. The Morgan fingerprint density at radius 3 is 2.67 bits per heavy atom. The van der Waals surface area contributed by atoms with Crippen molar-refractivity contribution in [1.29, 1.82) is 0 Å². The van der Waals surface area contributed by atoms with Crippen LogP contribution >= 0.6 is 11.3 Å². The Morgan fingerprint density at radius 2 is 1.96 bits per heavy atom. The first-order valence-electron chi connectivity index (χ1n) is 8.10. The minimum atomic E-state index is -4.48. The number of halogens is 3. The lowest BCUT2D eigenvalue weighted by molar-refractivity contribution is -0.140. The quantitative estimate of drug-likeness (QED) is 0.714. The van der Waals surface area contributed by atoms with Gasteiger partial charge in [0.2, 0.25) is 0 Å². The average molecular weight is 393 g/mol. The smallest absolute Gasteiger partial charge is 0.317 e. The first-order valence-corrected chi connectivity index (χ1v) is 8.98. The Kier molecular flexibility index (Phi) is 4.34. The fourth-order valence-electron chi connectivity index (χ4n) is 2.85. The number of para-hydroxylation sites is 1. The molecule has 2 aromatic heterocycles.